The molecule has 0 aliphatic carbocycles. The molecule has 0 radical (unpaired) electrons. The monoisotopic (exact) mass is 156 g/mol. The van der Waals surface area contributed by atoms with Crippen molar-refractivity contribution in [2.45, 2.75) is 44.0 Å². The second kappa shape index (κ2) is 2.19. The molecule has 3 heteroatoms. The van der Waals surface area contributed by atoms with Gasteiger partial charge >= 0.3 is 0 Å². The summed E-state index contributed by atoms with van der Waals surface area (Å²) in [4.78, 5) is 2.33. The van der Waals surface area contributed by atoms with Crippen LogP contribution in [0.15, 0.2) is 0 Å². The van der Waals surface area contributed by atoms with Crippen molar-refractivity contribution in [1.82, 2.24) is 4.90 Å². The quantitative estimate of drug-likeness (QED) is 0.521. The summed E-state index contributed by atoms with van der Waals surface area (Å²) in [6, 6.07) is 0.789. The molecule has 2 fully saturated rings. The van der Waals surface area contributed by atoms with Crippen LogP contribution < -0.4 is 5.73 Å². The fourth-order valence-electron chi connectivity index (χ4n) is 2.68. The van der Waals surface area contributed by atoms with E-state index in [0.717, 1.165) is 19.4 Å². The van der Waals surface area contributed by atoms with Gasteiger partial charge in [0.1, 0.15) is 5.72 Å². The maximum absolute atomic E-state index is 9.72. The van der Waals surface area contributed by atoms with Gasteiger partial charge in [-0.2, -0.15) is 0 Å². The van der Waals surface area contributed by atoms with Crippen LogP contribution in [0.2, 0.25) is 0 Å². The Morgan fingerprint density at radius 1 is 1.64 bits per heavy atom. The van der Waals surface area contributed by atoms with Crippen LogP contribution in [-0.2, 0) is 0 Å². The average molecular weight is 156 g/mol. The molecule has 0 amide bonds. The maximum atomic E-state index is 9.72. The van der Waals surface area contributed by atoms with Crippen molar-refractivity contribution in [2.75, 3.05) is 6.54 Å². The molecule has 11 heavy (non-hydrogen) atoms. The van der Waals surface area contributed by atoms with Crippen molar-refractivity contribution in [1.29, 1.82) is 0 Å². The Balaban J connectivity index is 2.19. The fourth-order valence-corrected chi connectivity index (χ4v) is 2.68. The van der Waals surface area contributed by atoms with Gasteiger partial charge in [-0.15, -0.1) is 0 Å². The summed E-state index contributed by atoms with van der Waals surface area (Å²) in [5, 5.41) is 9.72. The van der Waals surface area contributed by atoms with Crippen molar-refractivity contribution in [3.05, 3.63) is 0 Å². The molecule has 0 aromatic carbocycles. The Hall–Kier alpha value is -0.120. The molecular weight excluding hydrogens is 140 g/mol. The lowest BCUT2D eigenvalue weighted by molar-refractivity contribution is 0.00832. The van der Waals surface area contributed by atoms with Crippen molar-refractivity contribution >= 4 is 0 Å². The van der Waals surface area contributed by atoms with Crippen molar-refractivity contribution in [3.63, 3.8) is 0 Å². The Labute approximate surface area is 67.2 Å². The average Bonchev–Trinajstić information content (AvgIpc) is 2.39. The SMILES string of the molecule is CCN1C2CC[C@@H]1CC2(N)O. The predicted molar refractivity (Wildman–Crippen MR) is 42.9 cm³/mol. The summed E-state index contributed by atoms with van der Waals surface area (Å²) >= 11 is 0. The lowest BCUT2D eigenvalue weighted by Crippen LogP contribution is -2.50. The highest BCUT2D eigenvalue weighted by molar-refractivity contribution is 5.06. The van der Waals surface area contributed by atoms with E-state index in [9.17, 15) is 5.11 Å². The number of nitrogens with two attached hydrogens (primary N) is 1. The molecule has 0 saturated carbocycles. The third-order valence-corrected chi connectivity index (χ3v) is 3.15. The first-order valence-electron chi connectivity index (χ1n) is 4.42. The van der Waals surface area contributed by atoms with Crippen LogP contribution >= 0.6 is 0 Å². The fraction of sp³-hybridized carbons (Fsp3) is 1.00. The van der Waals surface area contributed by atoms with Crippen LogP contribution in [0, 0.1) is 0 Å². The minimum absolute atomic E-state index is 0.234. The van der Waals surface area contributed by atoms with Crippen molar-refractivity contribution < 1.29 is 5.11 Å². The van der Waals surface area contributed by atoms with E-state index in [4.69, 9.17) is 5.73 Å². The molecule has 2 unspecified atom stereocenters. The largest absolute Gasteiger partial charge is 0.374 e. The van der Waals surface area contributed by atoms with Crippen molar-refractivity contribution in [3.8, 4) is 0 Å². The van der Waals surface area contributed by atoms with E-state index in [1.54, 1.807) is 0 Å². The van der Waals surface area contributed by atoms with E-state index in [0.29, 0.717) is 6.04 Å². The molecule has 0 spiro atoms. The van der Waals surface area contributed by atoms with Crippen LogP contribution in [0.5, 0.6) is 0 Å². The van der Waals surface area contributed by atoms with Crippen LogP contribution in [0.1, 0.15) is 26.2 Å². The van der Waals surface area contributed by atoms with E-state index in [1.807, 2.05) is 0 Å². The standard InChI is InChI=1S/C8H16N2O/c1-2-10-6-3-4-7(10)8(9,11)5-6/h6-7,11H,2-5,9H2,1H3/t6-,7?,8?/m1/s1. The second-order valence-electron chi connectivity index (χ2n) is 3.77. The van der Waals surface area contributed by atoms with Crippen LogP contribution in [0.25, 0.3) is 0 Å². The molecular formula is C8H16N2O. The first-order chi connectivity index (χ1) is 5.15. The summed E-state index contributed by atoms with van der Waals surface area (Å²) in [7, 11) is 0. The molecule has 0 aromatic heterocycles. The number of aliphatic hydroxyl groups is 1. The number of rotatable bonds is 1. The van der Waals surface area contributed by atoms with Gasteiger partial charge in [0.15, 0.2) is 0 Å². The lowest BCUT2D eigenvalue weighted by Gasteiger charge is -2.27. The Kier molecular flexibility index (Phi) is 1.50. The zero-order valence-electron chi connectivity index (χ0n) is 6.95. The first kappa shape index (κ1) is 7.53. The van der Waals surface area contributed by atoms with Crippen LogP contribution in [0.4, 0.5) is 0 Å². The smallest absolute Gasteiger partial charge is 0.130 e. The number of nitrogens with zero attached hydrogens (tertiary/aromatic N) is 1. The third-order valence-electron chi connectivity index (χ3n) is 3.15. The number of hydrogen-bond donors (Lipinski definition) is 2. The second-order valence-corrected chi connectivity index (χ2v) is 3.77. The Bertz CT molecular complexity index is 169. The van der Waals surface area contributed by atoms with E-state index in [-0.39, 0.29) is 6.04 Å². The number of likely N-dealkylation sites (N-methyl/N-ethyl adjacent to an activating group) is 1. The highest BCUT2D eigenvalue weighted by Gasteiger charge is 2.52. The molecule has 2 aliphatic heterocycles. The summed E-state index contributed by atoms with van der Waals surface area (Å²) in [5.41, 5.74) is 4.85. The molecule has 2 saturated heterocycles. The highest BCUT2D eigenvalue weighted by atomic mass is 16.3. The van der Waals surface area contributed by atoms with Gasteiger partial charge in [0.05, 0.1) is 6.04 Å². The Morgan fingerprint density at radius 3 is 2.64 bits per heavy atom. The zero-order chi connectivity index (χ0) is 8.06. The summed E-state index contributed by atoms with van der Waals surface area (Å²) < 4.78 is 0. The van der Waals surface area contributed by atoms with Gasteiger partial charge in [0.25, 0.3) is 0 Å². The minimum atomic E-state index is -0.890. The first-order valence-corrected chi connectivity index (χ1v) is 4.42. The zero-order valence-corrected chi connectivity index (χ0v) is 6.95. The Morgan fingerprint density at radius 2 is 2.36 bits per heavy atom. The van der Waals surface area contributed by atoms with Gasteiger partial charge in [-0.05, 0) is 19.4 Å². The van der Waals surface area contributed by atoms with Crippen molar-refractivity contribution in [2.24, 2.45) is 5.73 Å². The molecule has 2 aliphatic rings. The molecule has 2 heterocycles. The molecule has 3 atom stereocenters. The molecule has 3 nitrogen and oxygen atoms in total. The van der Waals surface area contributed by atoms with E-state index >= 15 is 0 Å². The van der Waals surface area contributed by atoms with Gasteiger partial charge in [-0.1, -0.05) is 6.92 Å². The van der Waals surface area contributed by atoms with Gasteiger partial charge in [-0.25, -0.2) is 0 Å². The van der Waals surface area contributed by atoms with Crippen LogP contribution in [0.3, 0.4) is 0 Å². The maximum Gasteiger partial charge on any atom is 0.130 e. The predicted octanol–water partition coefficient (Wildman–Crippen LogP) is -0.110. The van der Waals surface area contributed by atoms with Gasteiger partial charge in [0.2, 0.25) is 0 Å². The topological polar surface area (TPSA) is 49.5 Å². The lowest BCUT2D eigenvalue weighted by atomic mass is 9.93. The third kappa shape index (κ3) is 0.916. The van der Waals surface area contributed by atoms with Gasteiger partial charge in [0, 0.05) is 12.5 Å². The molecule has 2 bridgehead atoms. The van der Waals surface area contributed by atoms with Gasteiger partial charge in [-0.3, -0.25) is 4.90 Å². The molecule has 2 rings (SSSR count). The highest BCUT2D eigenvalue weighted by Crippen LogP contribution is 2.40. The summed E-state index contributed by atoms with van der Waals surface area (Å²) in [6.45, 7) is 3.15. The minimum Gasteiger partial charge on any atom is -0.374 e. The van der Waals surface area contributed by atoms with Crippen LogP contribution in [-0.4, -0.2) is 34.4 Å². The van der Waals surface area contributed by atoms with Gasteiger partial charge < -0.3 is 10.8 Å². The molecule has 0 aromatic rings. The summed E-state index contributed by atoms with van der Waals surface area (Å²) in [6.07, 6.45) is 3.06. The van der Waals surface area contributed by atoms with E-state index < -0.39 is 5.72 Å². The molecule has 3 N–H and O–H groups in total. The normalized spacial score (nSPS) is 50.5. The summed E-state index contributed by atoms with van der Waals surface area (Å²) in [5.74, 6) is 0. The van der Waals surface area contributed by atoms with E-state index in [1.165, 1.54) is 6.42 Å². The number of hydrogen-bond acceptors (Lipinski definition) is 3. The molecule has 64 valence electrons. The van der Waals surface area contributed by atoms with E-state index in [2.05, 4.69) is 11.8 Å². The number of fused-ring (bicyclic) bond motifs is 2.